The van der Waals surface area contributed by atoms with Gasteiger partial charge in [0.25, 0.3) is 0 Å². The van der Waals surface area contributed by atoms with Crippen LogP contribution < -0.4 is 4.74 Å². The average Bonchev–Trinajstić information content (AvgIpc) is 3.58. The summed E-state index contributed by atoms with van der Waals surface area (Å²) in [6, 6.07) is 35.6. The molecule has 4 heteroatoms. The third-order valence-electron chi connectivity index (χ3n) is 9.27. The van der Waals surface area contributed by atoms with Crippen molar-refractivity contribution in [3.8, 4) is 16.9 Å². The van der Waals surface area contributed by atoms with Gasteiger partial charge in [-0.05, 0) is 78.1 Å². The standard InChI is InChI=1S/C40H30O4/c1-39(2)43-33-19-18-24(26-12-8-16-34-37(26)28-10-4-6-14-31(28)41-34)22-30(33)40(3)21-20-25(23-36(40)44-39)27-13-9-17-35-38(27)29-11-5-7-15-32(29)42-35/h4-20,22-23H,21H2,1-3H3. The summed E-state index contributed by atoms with van der Waals surface area (Å²) in [7, 11) is 0. The van der Waals surface area contributed by atoms with Gasteiger partial charge in [0, 0.05) is 41.0 Å². The molecule has 0 spiro atoms. The van der Waals surface area contributed by atoms with Crippen molar-refractivity contribution in [2.45, 2.75) is 38.4 Å². The molecule has 0 fully saturated rings. The number of rotatable bonds is 2. The smallest absolute Gasteiger partial charge is 0.245 e. The Balaban J connectivity index is 1.22. The molecule has 1 atom stereocenters. The van der Waals surface area contributed by atoms with Gasteiger partial charge in [0.1, 0.15) is 33.8 Å². The molecular weight excluding hydrogens is 544 g/mol. The van der Waals surface area contributed by atoms with Crippen molar-refractivity contribution >= 4 is 49.5 Å². The van der Waals surface area contributed by atoms with Gasteiger partial charge in [-0.15, -0.1) is 0 Å². The molecule has 5 aromatic carbocycles. The molecule has 3 heterocycles. The van der Waals surface area contributed by atoms with Crippen LogP contribution in [-0.2, 0) is 10.2 Å². The van der Waals surface area contributed by atoms with Gasteiger partial charge in [-0.3, -0.25) is 0 Å². The predicted octanol–water partition coefficient (Wildman–Crippen LogP) is 10.9. The summed E-state index contributed by atoms with van der Waals surface area (Å²) in [5.41, 5.74) is 8.77. The van der Waals surface area contributed by atoms with Crippen molar-refractivity contribution in [1.82, 2.24) is 0 Å². The van der Waals surface area contributed by atoms with E-state index in [2.05, 4.69) is 85.8 Å². The first kappa shape index (κ1) is 25.3. The Labute approximate surface area is 254 Å². The quantitative estimate of drug-likeness (QED) is 0.206. The third kappa shape index (κ3) is 3.64. The Bertz CT molecular complexity index is 2360. The minimum atomic E-state index is -0.850. The van der Waals surface area contributed by atoms with Crippen molar-refractivity contribution in [2.75, 3.05) is 0 Å². The van der Waals surface area contributed by atoms with Crippen LogP contribution in [0.25, 0.3) is 60.6 Å². The molecule has 9 rings (SSSR count). The molecule has 1 unspecified atom stereocenters. The molecule has 0 saturated carbocycles. The van der Waals surface area contributed by atoms with Crippen LogP contribution in [-0.4, -0.2) is 5.79 Å². The van der Waals surface area contributed by atoms with Gasteiger partial charge in [-0.25, -0.2) is 0 Å². The van der Waals surface area contributed by atoms with Crippen LogP contribution in [0.3, 0.4) is 0 Å². The zero-order valence-corrected chi connectivity index (χ0v) is 24.8. The van der Waals surface area contributed by atoms with Crippen LogP contribution in [0.1, 0.15) is 38.3 Å². The molecule has 0 radical (unpaired) electrons. The monoisotopic (exact) mass is 574 g/mol. The molecule has 44 heavy (non-hydrogen) atoms. The van der Waals surface area contributed by atoms with E-state index in [0.717, 1.165) is 89.6 Å². The van der Waals surface area contributed by atoms with Crippen molar-refractivity contribution in [3.63, 3.8) is 0 Å². The van der Waals surface area contributed by atoms with E-state index in [1.165, 1.54) is 0 Å². The van der Waals surface area contributed by atoms with E-state index in [0.29, 0.717) is 0 Å². The molecule has 0 N–H and O–H groups in total. The van der Waals surface area contributed by atoms with Crippen LogP contribution in [0.4, 0.5) is 0 Å². The normalized spacial score (nSPS) is 19.2. The molecule has 0 bridgehead atoms. The van der Waals surface area contributed by atoms with E-state index in [-0.39, 0.29) is 0 Å². The minimum absolute atomic E-state index is 0.429. The van der Waals surface area contributed by atoms with Gasteiger partial charge < -0.3 is 18.3 Å². The number of hydrogen-bond donors (Lipinski definition) is 0. The van der Waals surface area contributed by atoms with E-state index in [4.69, 9.17) is 18.3 Å². The Morgan fingerprint density at radius 2 is 1.20 bits per heavy atom. The SMILES string of the molecule is CC1(C)OC2=CC(c3cccc4oc5ccccc5c34)=CCC2(C)c2cc(-c3cccc4oc5ccccc5c34)ccc2O1. The molecule has 214 valence electrons. The average molecular weight is 575 g/mol. The number of furan rings is 2. The largest absolute Gasteiger partial charge is 0.456 e. The maximum Gasteiger partial charge on any atom is 0.245 e. The molecule has 2 aromatic heterocycles. The summed E-state index contributed by atoms with van der Waals surface area (Å²) in [6.45, 7) is 6.23. The fraction of sp³-hybridized carbons (Fsp3) is 0.150. The van der Waals surface area contributed by atoms with Crippen molar-refractivity contribution < 1.29 is 18.3 Å². The topological polar surface area (TPSA) is 44.7 Å². The van der Waals surface area contributed by atoms with Crippen LogP contribution in [0.15, 0.2) is 130 Å². The van der Waals surface area contributed by atoms with Gasteiger partial charge in [-0.1, -0.05) is 72.8 Å². The zero-order chi connectivity index (χ0) is 29.6. The lowest BCUT2D eigenvalue weighted by Gasteiger charge is -2.35. The first-order valence-electron chi connectivity index (χ1n) is 15.1. The molecule has 4 nitrogen and oxygen atoms in total. The second-order valence-corrected chi connectivity index (χ2v) is 12.6. The molecule has 0 saturated heterocycles. The second kappa shape index (κ2) is 8.90. The number of hydrogen-bond acceptors (Lipinski definition) is 4. The summed E-state index contributed by atoms with van der Waals surface area (Å²) in [4.78, 5) is 0. The van der Waals surface area contributed by atoms with Crippen molar-refractivity contribution in [1.29, 1.82) is 0 Å². The van der Waals surface area contributed by atoms with E-state index >= 15 is 0 Å². The van der Waals surface area contributed by atoms with Gasteiger partial charge in [-0.2, -0.15) is 0 Å². The number of ether oxygens (including phenoxy) is 2. The number of para-hydroxylation sites is 2. The molecule has 0 amide bonds. The summed E-state index contributed by atoms with van der Waals surface area (Å²) in [5.74, 6) is 0.888. The number of benzene rings is 5. The molecule has 7 aromatic rings. The van der Waals surface area contributed by atoms with Crippen LogP contribution >= 0.6 is 0 Å². The summed E-state index contributed by atoms with van der Waals surface area (Å²) in [5, 5.41) is 4.49. The van der Waals surface area contributed by atoms with Gasteiger partial charge in [0.05, 0.1) is 5.41 Å². The molecule has 1 aliphatic heterocycles. The summed E-state index contributed by atoms with van der Waals surface area (Å²) >= 11 is 0. The predicted molar refractivity (Wildman–Crippen MR) is 177 cm³/mol. The number of fused-ring (bicyclic) bond motifs is 9. The van der Waals surface area contributed by atoms with Crippen LogP contribution in [0.2, 0.25) is 0 Å². The molecule has 2 aliphatic rings. The summed E-state index contributed by atoms with van der Waals surface area (Å²) < 4.78 is 25.7. The second-order valence-electron chi connectivity index (χ2n) is 12.6. The Morgan fingerprint density at radius 3 is 1.91 bits per heavy atom. The van der Waals surface area contributed by atoms with E-state index < -0.39 is 11.2 Å². The highest BCUT2D eigenvalue weighted by molar-refractivity contribution is 6.13. The lowest BCUT2D eigenvalue weighted by Crippen LogP contribution is -2.33. The first-order valence-corrected chi connectivity index (χ1v) is 15.1. The fourth-order valence-electron chi connectivity index (χ4n) is 7.15. The molecule has 1 aliphatic carbocycles. The minimum Gasteiger partial charge on any atom is -0.456 e. The van der Waals surface area contributed by atoms with Gasteiger partial charge >= 0.3 is 0 Å². The summed E-state index contributed by atoms with van der Waals surface area (Å²) in [6.07, 6.45) is 5.30. The maximum atomic E-state index is 6.74. The van der Waals surface area contributed by atoms with E-state index in [1.54, 1.807) is 0 Å². The van der Waals surface area contributed by atoms with Crippen LogP contribution in [0.5, 0.6) is 5.75 Å². The maximum absolute atomic E-state index is 6.74. The molecular formula is C40H30O4. The Kier molecular flexibility index (Phi) is 5.12. The van der Waals surface area contributed by atoms with Crippen molar-refractivity contribution in [2.24, 2.45) is 0 Å². The lowest BCUT2D eigenvalue weighted by molar-refractivity contribution is -0.127. The fourth-order valence-corrected chi connectivity index (χ4v) is 7.15. The Hall–Kier alpha value is -5.22. The lowest BCUT2D eigenvalue weighted by atomic mass is 9.72. The van der Waals surface area contributed by atoms with Gasteiger partial charge in [0.15, 0.2) is 0 Å². The first-order chi connectivity index (χ1) is 21.4. The highest BCUT2D eigenvalue weighted by atomic mass is 16.7. The highest BCUT2D eigenvalue weighted by Gasteiger charge is 2.44. The number of allylic oxidation sites excluding steroid dienone is 4. The third-order valence-corrected chi connectivity index (χ3v) is 9.27. The van der Waals surface area contributed by atoms with E-state index in [1.807, 2.05) is 50.2 Å². The Morgan fingerprint density at radius 1 is 0.591 bits per heavy atom. The van der Waals surface area contributed by atoms with E-state index in [9.17, 15) is 0 Å². The zero-order valence-electron chi connectivity index (χ0n) is 24.8. The van der Waals surface area contributed by atoms with Gasteiger partial charge in [0.2, 0.25) is 5.79 Å². The highest BCUT2D eigenvalue weighted by Crippen LogP contribution is 2.51. The van der Waals surface area contributed by atoms with Crippen LogP contribution in [0, 0.1) is 0 Å². The van der Waals surface area contributed by atoms with Crippen molar-refractivity contribution in [3.05, 3.63) is 132 Å².